The summed E-state index contributed by atoms with van der Waals surface area (Å²) < 4.78 is 7.94. The molecule has 0 aliphatic carbocycles. The standard InChI is InChI=1S/C23H28N4O2S/c1-6-27-21(13-29-20-10-8-15(2)11-18(20)5)25-26-23(27)30-14-22(28)24-19-12-16(3)7-9-17(19)4/h7-12H,6,13-14H2,1-5H3,(H,24,28). The average Bonchev–Trinajstić information content (AvgIpc) is 3.10. The minimum Gasteiger partial charge on any atom is -0.485 e. The number of carbonyl (C=O) groups is 1. The number of carbonyl (C=O) groups excluding carboxylic acids is 1. The Labute approximate surface area is 182 Å². The first-order valence-corrected chi connectivity index (χ1v) is 11.0. The molecule has 30 heavy (non-hydrogen) atoms. The number of hydrogen-bond acceptors (Lipinski definition) is 5. The molecule has 0 aliphatic rings. The number of nitrogens with one attached hydrogen (secondary N) is 1. The van der Waals surface area contributed by atoms with Gasteiger partial charge in [-0.2, -0.15) is 0 Å². The lowest BCUT2D eigenvalue weighted by Gasteiger charge is -2.11. The van der Waals surface area contributed by atoms with Gasteiger partial charge < -0.3 is 14.6 Å². The molecular formula is C23H28N4O2S. The maximum Gasteiger partial charge on any atom is 0.234 e. The highest BCUT2D eigenvalue weighted by molar-refractivity contribution is 7.99. The van der Waals surface area contributed by atoms with Gasteiger partial charge in [-0.15, -0.1) is 10.2 Å². The Morgan fingerprint density at radius 3 is 2.50 bits per heavy atom. The summed E-state index contributed by atoms with van der Waals surface area (Å²) in [4.78, 5) is 12.4. The number of hydrogen-bond donors (Lipinski definition) is 1. The first-order valence-electron chi connectivity index (χ1n) is 9.99. The van der Waals surface area contributed by atoms with Crippen molar-refractivity contribution in [3.05, 3.63) is 64.5 Å². The largest absolute Gasteiger partial charge is 0.485 e. The van der Waals surface area contributed by atoms with Crippen LogP contribution < -0.4 is 10.1 Å². The fraction of sp³-hybridized carbons (Fsp3) is 0.348. The number of rotatable bonds is 8. The highest BCUT2D eigenvalue weighted by atomic mass is 32.2. The molecule has 2 aromatic carbocycles. The van der Waals surface area contributed by atoms with Gasteiger partial charge in [0.1, 0.15) is 12.4 Å². The van der Waals surface area contributed by atoms with Gasteiger partial charge in [-0.1, -0.05) is 41.6 Å². The van der Waals surface area contributed by atoms with Crippen molar-refractivity contribution in [1.29, 1.82) is 0 Å². The van der Waals surface area contributed by atoms with Gasteiger partial charge >= 0.3 is 0 Å². The Hall–Kier alpha value is -2.80. The van der Waals surface area contributed by atoms with E-state index in [0.29, 0.717) is 18.3 Å². The molecule has 0 bridgehead atoms. The van der Waals surface area contributed by atoms with Crippen molar-refractivity contribution < 1.29 is 9.53 Å². The molecule has 0 aliphatic heterocycles. The third-order valence-electron chi connectivity index (χ3n) is 4.80. The van der Waals surface area contributed by atoms with Crippen LogP contribution >= 0.6 is 11.8 Å². The Morgan fingerprint density at radius 1 is 1.03 bits per heavy atom. The maximum atomic E-state index is 12.4. The molecule has 3 rings (SSSR count). The molecule has 0 unspecified atom stereocenters. The van der Waals surface area contributed by atoms with Gasteiger partial charge in [0.2, 0.25) is 5.91 Å². The third kappa shape index (κ3) is 5.42. The highest BCUT2D eigenvalue weighted by Crippen LogP contribution is 2.22. The second-order valence-electron chi connectivity index (χ2n) is 7.36. The minimum absolute atomic E-state index is 0.0626. The Bertz CT molecular complexity index is 1050. The Balaban J connectivity index is 1.61. The fourth-order valence-electron chi connectivity index (χ4n) is 3.14. The maximum absolute atomic E-state index is 12.4. The normalized spacial score (nSPS) is 10.8. The van der Waals surface area contributed by atoms with E-state index >= 15 is 0 Å². The number of benzene rings is 2. The molecule has 0 radical (unpaired) electrons. The van der Waals surface area contributed by atoms with Crippen LogP contribution in [0.2, 0.25) is 0 Å². The van der Waals surface area contributed by atoms with Gasteiger partial charge in [0, 0.05) is 12.2 Å². The number of amides is 1. The molecule has 0 spiro atoms. The molecular weight excluding hydrogens is 396 g/mol. The number of ether oxygens (including phenoxy) is 1. The fourth-order valence-corrected chi connectivity index (χ4v) is 3.96. The van der Waals surface area contributed by atoms with Crippen LogP contribution in [0.15, 0.2) is 41.6 Å². The molecule has 158 valence electrons. The van der Waals surface area contributed by atoms with E-state index in [1.165, 1.54) is 17.3 Å². The van der Waals surface area contributed by atoms with Crippen LogP contribution in [-0.2, 0) is 17.9 Å². The summed E-state index contributed by atoms with van der Waals surface area (Å²) in [5.74, 6) is 1.79. The summed E-state index contributed by atoms with van der Waals surface area (Å²) >= 11 is 1.38. The van der Waals surface area contributed by atoms with Crippen molar-refractivity contribution in [1.82, 2.24) is 14.8 Å². The second kappa shape index (κ2) is 9.80. The zero-order valence-corrected chi connectivity index (χ0v) is 19.0. The molecule has 0 atom stereocenters. The molecule has 1 amide bonds. The number of nitrogens with zero attached hydrogens (tertiary/aromatic N) is 3. The summed E-state index contributed by atoms with van der Waals surface area (Å²) in [6.07, 6.45) is 0. The lowest BCUT2D eigenvalue weighted by atomic mass is 10.1. The average molecular weight is 425 g/mol. The van der Waals surface area contributed by atoms with Crippen molar-refractivity contribution in [3.63, 3.8) is 0 Å². The van der Waals surface area contributed by atoms with Crippen LogP contribution in [0.5, 0.6) is 5.75 Å². The van der Waals surface area contributed by atoms with Crippen molar-refractivity contribution in [2.24, 2.45) is 0 Å². The van der Waals surface area contributed by atoms with Gasteiger partial charge in [-0.05, 0) is 63.4 Å². The molecule has 0 saturated heterocycles. The highest BCUT2D eigenvalue weighted by Gasteiger charge is 2.14. The zero-order chi connectivity index (χ0) is 21.7. The second-order valence-corrected chi connectivity index (χ2v) is 8.30. The molecule has 0 fully saturated rings. The van der Waals surface area contributed by atoms with E-state index < -0.39 is 0 Å². The Kier molecular flexibility index (Phi) is 7.15. The van der Waals surface area contributed by atoms with Crippen LogP contribution in [0.3, 0.4) is 0 Å². The summed E-state index contributed by atoms with van der Waals surface area (Å²) in [5.41, 5.74) is 5.30. The minimum atomic E-state index is -0.0626. The Morgan fingerprint density at radius 2 is 1.77 bits per heavy atom. The molecule has 6 nitrogen and oxygen atoms in total. The molecule has 7 heteroatoms. The SMILES string of the molecule is CCn1c(COc2ccc(C)cc2C)nnc1SCC(=O)Nc1cc(C)ccc1C. The van der Waals surface area contributed by atoms with Crippen LogP contribution in [0, 0.1) is 27.7 Å². The van der Waals surface area contributed by atoms with Gasteiger partial charge in [0.25, 0.3) is 0 Å². The smallest absolute Gasteiger partial charge is 0.234 e. The lowest BCUT2D eigenvalue weighted by molar-refractivity contribution is -0.113. The summed E-state index contributed by atoms with van der Waals surface area (Å²) in [7, 11) is 0. The van der Waals surface area contributed by atoms with E-state index in [1.54, 1.807) is 0 Å². The predicted octanol–water partition coefficient (Wildman–Crippen LogP) is 4.84. The van der Waals surface area contributed by atoms with Gasteiger partial charge in [0.05, 0.1) is 5.75 Å². The molecule has 1 aromatic heterocycles. The van der Waals surface area contributed by atoms with Gasteiger partial charge in [-0.25, -0.2) is 0 Å². The molecule has 1 heterocycles. The number of thioether (sulfide) groups is 1. The first kappa shape index (κ1) is 21.9. The quantitative estimate of drug-likeness (QED) is 0.524. The van der Waals surface area contributed by atoms with E-state index in [9.17, 15) is 4.79 Å². The van der Waals surface area contributed by atoms with Crippen molar-refractivity contribution in [2.45, 2.75) is 52.9 Å². The van der Waals surface area contributed by atoms with E-state index in [-0.39, 0.29) is 11.7 Å². The molecule has 0 saturated carbocycles. The summed E-state index contributed by atoms with van der Waals surface area (Å²) in [5, 5.41) is 12.2. The van der Waals surface area contributed by atoms with E-state index in [2.05, 4.69) is 28.5 Å². The molecule has 3 aromatic rings. The van der Waals surface area contributed by atoms with Crippen molar-refractivity contribution >= 4 is 23.4 Å². The zero-order valence-electron chi connectivity index (χ0n) is 18.2. The number of aryl methyl sites for hydroxylation is 4. The van der Waals surface area contributed by atoms with Crippen molar-refractivity contribution in [2.75, 3.05) is 11.1 Å². The monoisotopic (exact) mass is 424 g/mol. The van der Waals surface area contributed by atoms with E-state index in [4.69, 9.17) is 4.74 Å². The first-order chi connectivity index (χ1) is 14.4. The predicted molar refractivity (Wildman–Crippen MR) is 121 cm³/mol. The topological polar surface area (TPSA) is 69.0 Å². The van der Waals surface area contributed by atoms with E-state index in [0.717, 1.165) is 34.0 Å². The van der Waals surface area contributed by atoms with Crippen LogP contribution in [0.4, 0.5) is 5.69 Å². The van der Waals surface area contributed by atoms with Gasteiger partial charge in [0.15, 0.2) is 11.0 Å². The van der Waals surface area contributed by atoms with Crippen LogP contribution in [-0.4, -0.2) is 26.4 Å². The lowest BCUT2D eigenvalue weighted by Crippen LogP contribution is -2.15. The summed E-state index contributed by atoms with van der Waals surface area (Å²) in [6.45, 7) is 11.2. The number of aromatic nitrogens is 3. The third-order valence-corrected chi connectivity index (χ3v) is 5.76. The van der Waals surface area contributed by atoms with Crippen LogP contribution in [0.25, 0.3) is 0 Å². The molecule has 1 N–H and O–H groups in total. The summed E-state index contributed by atoms with van der Waals surface area (Å²) in [6, 6.07) is 12.1. The van der Waals surface area contributed by atoms with Crippen molar-refractivity contribution in [3.8, 4) is 5.75 Å². The van der Waals surface area contributed by atoms with Crippen LogP contribution in [0.1, 0.15) is 35.0 Å². The number of anilines is 1. The van der Waals surface area contributed by atoms with E-state index in [1.807, 2.05) is 62.6 Å². The van der Waals surface area contributed by atoms with Gasteiger partial charge in [-0.3, -0.25) is 4.79 Å².